The predicted molar refractivity (Wildman–Crippen MR) is 79.6 cm³/mol. The number of aliphatic hydroxyl groups excluding tert-OH is 1. The van der Waals surface area contributed by atoms with Gasteiger partial charge in [-0.1, -0.05) is 41.5 Å². The van der Waals surface area contributed by atoms with E-state index in [0.29, 0.717) is 16.7 Å². The fourth-order valence-corrected chi connectivity index (χ4v) is 3.19. The number of rotatable bonds is 3. The first-order valence-corrected chi connectivity index (χ1v) is 7.78. The maximum atomic E-state index is 10.3. The number of hydrogen-bond donors (Lipinski definition) is 1. The molecule has 0 radical (unpaired) electrons. The Balaban J connectivity index is 2.34. The molecule has 1 unspecified atom stereocenters. The summed E-state index contributed by atoms with van der Waals surface area (Å²) < 4.78 is 0. The lowest BCUT2D eigenvalue weighted by atomic mass is 9.68. The van der Waals surface area contributed by atoms with Crippen molar-refractivity contribution in [1.82, 2.24) is 0 Å². The van der Waals surface area contributed by atoms with Crippen LogP contribution in [0.15, 0.2) is 0 Å². The second kappa shape index (κ2) is 5.94. The highest BCUT2D eigenvalue weighted by molar-refractivity contribution is 4.83. The average Bonchev–Trinajstić information content (AvgIpc) is 2.24. The summed E-state index contributed by atoms with van der Waals surface area (Å²) in [5, 5.41) is 10.3. The molecule has 1 atom stereocenters. The van der Waals surface area contributed by atoms with Crippen LogP contribution in [-0.4, -0.2) is 11.2 Å². The zero-order chi connectivity index (χ0) is 14.0. The molecule has 1 aliphatic rings. The van der Waals surface area contributed by atoms with Gasteiger partial charge in [0, 0.05) is 0 Å². The van der Waals surface area contributed by atoms with Crippen LogP contribution in [0.1, 0.15) is 80.1 Å². The maximum absolute atomic E-state index is 10.3. The van der Waals surface area contributed by atoms with Crippen molar-refractivity contribution in [3.8, 4) is 0 Å². The van der Waals surface area contributed by atoms with E-state index in [1.165, 1.54) is 25.7 Å². The smallest absolute Gasteiger partial charge is 0.0568 e. The molecule has 1 heteroatoms. The van der Waals surface area contributed by atoms with Crippen molar-refractivity contribution in [2.75, 3.05) is 0 Å². The summed E-state index contributed by atoms with van der Waals surface area (Å²) in [4.78, 5) is 0. The van der Waals surface area contributed by atoms with Crippen LogP contribution in [-0.2, 0) is 0 Å². The van der Waals surface area contributed by atoms with E-state index in [9.17, 15) is 5.11 Å². The topological polar surface area (TPSA) is 20.2 Å². The Kier molecular flexibility index (Phi) is 5.29. The van der Waals surface area contributed by atoms with E-state index in [0.717, 1.165) is 18.8 Å². The summed E-state index contributed by atoms with van der Waals surface area (Å²) in [6.45, 7) is 13.8. The quantitative estimate of drug-likeness (QED) is 0.749. The van der Waals surface area contributed by atoms with E-state index in [4.69, 9.17) is 0 Å². The molecule has 0 spiro atoms. The van der Waals surface area contributed by atoms with Gasteiger partial charge in [-0.25, -0.2) is 0 Å². The molecule has 0 aliphatic heterocycles. The van der Waals surface area contributed by atoms with Crippen LogP contribution in [0.2, 0.25) is 0 Å². The minimum atomic E-state index is -0.0647. The van der Waals surface area contributed by atoms with Gasteiger partial charge in [-0.2, -0.15) is 0 Å². The largest absolute Gasteiger partial charge is 0.393 e. The van der Waals surface area contributed by atoms with Crippen molar-refractivity contribution in [3.05, 3.63) is 0 Å². The third-order valence-electron chi connectivity index (χ3n) is 4.73. The summed E-state index contributed by atoms with van der Waals surface area (Å²) in [7, 11) is 0. The number of hydrogen-bond acceptors (Lipinski definition) is 1. The highest BCUT2D eigenvalue weighted by Gasteiger charge is 2.32. The molecule has 18 heavy (non-hydrogen) atoms. The molecule has 0 bridgehead atoms. The molecule has 0 aromatic carbocycles. The zero-order valence-corrected chi connectivity index (χ0v) is 13.4. The van der Waals surface area contributed by atoms with Gasteiger partial charge in [0.2, 0.25) is 0 Å². The highest BCUT2D eigenvalue weighted by atomic mass is 16.3. The molecule has 1 saturated carbocycles. The van der Waals surface area contributed by atoms with Crippen molar-refractivity contribution < 1.29 is 5.11 Å². The van der Waals surface area contributed by atoms with Crippen molar-refractivity contribution in [3.63, 3.8) is 0 Å². The van der Waals surface area contributed by atoms with Crippen LogP contribution < -0.4 is 0 Å². The van der Waals surface area contributed by atoms with Crippen LogP contribution >= 0.6 is 0 Å². The second-order valence-electron chi connectivity index (χ2n) is 8.64. The normalized spacial score (nSPS) is 28.2. The average molecular weight is 254 g/mol. The lowest BCUT2D eigenvalue weighted by molar-refractivity contribution is 0.0412. The molecule has 0 aromatic heterocycles. The predicted octanol–water partition coefficient (Wildman–Crippen LogP) is 5.03. The Morgan fingerprint density at radius 3 is 1.83 bits per heavy atom. The Morgan fingerprint density at radius 2 is 1.44 bits per heavy atom. The van der Waals surface area contributed by atoms with Crippen LogP contribution in [0.3, 0.4) is 0 Å². The Labute approximate surface area is 114 Å². The van der Waals surface area contributed by atoms with Crippen LogP contribution in [0.25, 0.3) is 0 Å². The van der Waals surface area contributed by atoms with Gasteiger partial charge in [0.1, 0.15) is 0 Å². The second-order valence-corrected chi connectivity index (χ2v) is 8.64. The Hall–Kier alpha value is -0.0400. The lowest BCUT2D eigenvalue weighted by Gasteiger charge is -2.38. The molecule has 0 amide bonds. The number of aliphatic hydroxyl groups is 1. The Morgan fingerprint density at radius 1 is 0.944 bits per heavy atom. The van der Waals surface area contributed by atoms with Gasteiger partial charge in [-0.05, 0) is 61.2 Å². The fourth-order valence-electron chi connectivity index (χ4n) is 3.19. The summed E-state index contributed by atoms with van der Waals surface area (Å²) >= 11 is 0. The monoisotopic (exact) mass is 254 g/mol. The fraction of sp³-hybridized carbons (Fsp3) is 1.00. The molecule has 0 aromatic rings. The van der Waals surface area contributed by atoms with Crippen molar-refractivity contribution >= 4 is 0 Å². The van der Waals surface area contributed by atoms with Gasteiger partial charge in [0.15, 0.2) is 0 Å². The van der Waals surface area contributed by atoms with E-state index in [1.54, 1.807) is 0 Å². The van der Waals surface area contributed by atoms with Gasteiger partial charge >= 0.3 is 0 Å². The van der Waals surface area contributed by atoms with E-state index in [1.807, 2.05) is 0 Å². The van der Waals surface area contributed by atoms with Crippen LogP contribution in [0.4, 0.5) is 0 Å². The summed E-state index contributed by atoms with van der Waals surface area (Å²) in [5.74, 6) is 1.41. The maximum Gasteiger partial charge on any atom is 0.0568 e. The van der Waals surface area contributed by atoms with Gasteiger partial charge in [0.05, 0.1) is 6.10 Å². The van der Waals surface area contributed by atoms with Gasteiger partial charge in [-0.3, -0.25) is 0 Å². The molecule has 1 nitrogen and oxygen atoms in total. The van der Waals surface area contributed by atoms with E-state index in [2.05, 4.69) is 41.5 Å². The van der Waals surface area contributed by atoms with E-state index < -0.39 is 0 Å². The van der Waals surface area contributed by atoms with Gasteiger partial charge < -0.3 is 5.11 Å². The molecule has 0 heterocycles. The summed E-state index contributed by atoms with van der Waals surface area (Å²) in [5.41, 5.74) is 0.797. The minimum Gasteiger partial charge on any atom is -0.393 e. The standard InChI is InChI=1S/C17H34O/c1-16(2,3)12-11-15(18)13-7-9-14(10-8-13)17(4,5)6/h13-15,18H,7-12H2,1-6H3. The molecule has 1 rings (SSSR count). The first-order valence-electron chi connectivity index (χ1n) is 7.78. The van der Waals surface area contributed by atoms with Crippen molar-refractivity contribution in [2.45, 2.75) is 86.2 Å². The summed E-state index contributed by atoms with van der Waals surface area (Å²) in [6, 6.07) is 0. The van der Waals surface area contributed by atoms with Crippen LogP contribution in [0.5, 0.6) is 0 Å². The third kappa shape index (κ3) is 5.30. The van der Waals surface area contributed by atoms with Gasteiger partial charge in [0.25, 0.3) is 0 Å². The SMILES string of the molecule is CC(C)(C)CCC(O)C1CCC(C(C)(C)C)CC1. The zero-order valence-electron chi connectivity index (χ0n) is 13.4. The molecule has 108 valence electrons. The molecular formula is C17H34O. The van der Waals surface area contributed by atoms with E-state index >= 15 is 0 Å². The third-order valence-corrected chi connectivity index (χ3v) is 4.73. The Bertz CT molecular complexity index is 235. The molecule has 1 fully saturated rings. The van der Waals surface area contributed by atoms with Crippen molar-refractivity contribution in [2.24, 2.45) is 22.7 Å². The minimum absolute atomic E-state index is 0.0647. The molecule has 0 saturated heterocycles. The first-order chi connectivity index (χ1) is 8.09. The van der Waals surface area contributed by atoms with Crippen LogP contribution in [0, 0.1) is 22.7 Å². The summed E-state index contributed by atoms with van der Waals surface area (Å²) in [6.07, 6.45) is 7.12. The lowest BCUT2D eigenvalue weighted by Crippen LogP contribution is -2.31. The highest BCUT2D eigenvalue weighted by Crippen LogP contribution is 2.41. The van der Waals surface area contributed by atoms with Gasteiger partial charge in [-0.15, -0.1) is 0 Å². The molecule has 1 N–H and O–H groups in total. The van der Waals surface area contributed by atoms with E-state index in [-0.39, 0.29) is 6.10 Å². The molecule has 1 aliphatic carbocycles. The first kappa shape index (κ1) is 16.0. The molecular weight excluding hydrogens is 220 g/mol. The van der Waals surface area contributed by atoms with Crippen molar-refractivity contribution in [1.29, 1.82) is 0 Å².